The summed E-state index contributed by atoms with van der Waals surface area (Å²) >= 11 is 0. The summed E-state index contributed by atoms with van der Waals surface area (Å²) in [6.45, 7) is 3.38. The fourth-order valence-electron chi connectivity index (χ4n) is 4.69. The first-order valence-electron chi connectivity index (χ1n) is 11.8. The largest absolute Gasteiger partial charge is 0.352 e. The zero-order valence-corrected chi connectivity index (χ0v) is 19.8. The van der Waals surface area contributed by atoms with E-state index in [4.69, 9.17) is 15.7 Å². The molecule has 5 aromatic heterocycles. The van der Waals surface area contributed by atoms with Crippen LogP contribution in [-0.2, 0) is 0 Å². The molecule has 0 saturated carbocycles. The molecule has 1 fully saturated rings. The summed E-state index contributed by atoms with van der Waals surface area (Å²) in [5.41, 5.74) is 12.8. The summed E-state index contributed by atoms with van der Waals surface area (Å²) in [6, 6.07) is 10.7. The maximum atomic E-state index is 14.1. The van der Waals surface area contributed by atoms with Crippen LogP contribution in [-0.4, -0.2) is 59.2 Å². The number of nitrogens with zero attached hydrogens (tertiary/aromatic N) is 7. The van der Waals surface area contributed by atoms with Gasteiger partial charge in [-0.15, -0.1) is 0 Å². The van der Waals surface area contributed by atoms with E-state index < -0.39 is 0 Å². The second-order valence-electron chi connectivity index (χ2n) is 9.25. The Morgan fingerprint density at radius 2 is 1.92 bits per heavy atom. The Morgan fingerprint density at radius 3 is 2.76 bits per heavy atom. The fourth-order valence-corrected chi connectivity index (χ4v) is 4.69. The van der Waals surface area contributed by atoms with Gasteiger partial charge in [-0.3, -0.25) is 10.1 Å². The van der Waals surface area contributed by atoms with E-state index in [2.05, 4.69) is 35.0 Å². The summed E-state index contributed by atoms with van der Waals surface area (Å²) in [5.74, 6) is 0.990. The molecular formula is C26H21FN10. The lowest BCUT2D eigenvalue weighted by atomic mass is 10.0. The molecule has 7 rings (SSSR count). The molecule has 0 radical (unpaired) electrons. The minimum Gasteiger partial charge on any atom is -0.352 e. The van der Waals surface area contributed by atoms with Gasteiger partial charge in [0.1, 0.15) is 22.8 Å². The number of rotatable bonds is 4. The van der Waals surface area contributed by atoms with Crippen molar-refractivity contribution in [3.63, 3.8) is 0 Å². The maximum absolute atomic E-state index is 14.1. The van der Waals surface area contributed by atoms with Crippen LogP contribution < -0.4 is 10.6 Å². The van der Waals surface area contributed by atoms with Gasteiger partial charge in [-0.25, -0.2) is 24.3 Å². The molecule has 0 bridgehead atoms. The lowest BCUT2D eigenvalue weighted by Crippen LogP contribution is -2.56. The van der Waals surface area contributed by atoms with Crippen molar-refractivity contribution in [3.8, 4) is 34.0 Å². The first-order valence-corrected chi connectivity index (χ1v) is 11.8. The molecule has 0 atom stereocenters. The predicted octanol–water partition coefficient (Wildman–Crippen LogP) is 3.62. The molecule has 0 spiro atoms. The number of nitrogens with one attached hydrogen (secondary N) is 2. The van der Waals surface area contributed by atoms with Crippen molar-refractivity contribution in [2.45, 2.75) is 13.0 Å². The molecule has 10 nitrogen and oxygen atoms in total. The number of halogens is 1. The average Bonchev–Trinajstić information content (AvgIpc) is 3.49. The van der Waals surface area contributed by atoms with E-state index in [-0.39, 0.29) is 11.9 Å². The van der Waals surface area contributed by atoms with E-state index in [0.29, 0.717) is 39.6 Å². The van der Waals surface area contributed by atoms with E-state index in [9.17, 15) is 4.39 Å². The highest BCUT2D eigenvalue weighted by molar-refractivity contribution is 5.95. The highest BCUT2D eigenvalue weighted by atomic mass is 19.1. The quantitative estimate of drug-likeness (QED) is 0.339. The number of imidazole rings is 1. The lowest BCUT2D eigenvalue weighted by molar-refractivity contribution is 0.514. The van der Waals surface area contributed by atoms with Gasteiger partial charge in [-0.05, 0) is 48.4 Å². The summed E-state index contributed by atoms with van der Waals surface area (Å²) in [6.07, 6.45) is 5.09. The lowest BCUT2D eigenvalue weighted by Gasteiger charge is -2.37. The zero-order chi connectivity index (χ0) is 25.1. The molecule has 1 aliphatic rings. The van der Waals surface area contributed by atoms with Crippen molar-refractivity contribution in [2.75, 3.05) is 18.0 Å². The monoisotopic (exact) mass is 492 g/mol. The van der Waals surface area contributed by atoms with Crippen LogP contribution in [0.5, 0.6) is 0 Å². The third-order valence-corrected chi connectivity index (χ3v) is 6.50. The van der Waals surface area contributed by atoms with Crippen LogP contribution in [0.25, 0.3) is 56.2 Å². The van der Waals surface area contributed by atoms with E-state index in [1.807, 2.05) is 31.2 Å². The van der Waals surface area contributed by atoms with Crippen LogP contribution in [0, 0.1) is 12.7 Å². The van der Waals surface area contributed by atoms with Gasteiger partial charge in [0, 0.05) is 30.9 Å². The number of aryl methyl sites for hydroxylation is 1. The third-order valence-electron chi connectivity index (χ3n) is 6.50. The number of benzene rings is 1. The van der Waals surface area contributed by atoms with Gasteiger partial charge in [0.2, 0.25) is 0 Å². The predicted molar refractivity (Wildman–Crippen MR) is 138 cm³/mol. The smallest absolute Gasteiger partial charge is 0.178 e. The highest BCUT2D eigenvalue weighted by Crippen LogP contribution is 2.32. The van der Waals surface area contributed by atoms with Gasteiger partial charge in [-0.2, -0.15) is 5.10 Å². The van der Waals surface area contributed by atoms with Gasteiger partial charge in [0.15, 0.2) is 17.2 Å². The minimum absolute atomic E-state index is 0.164. The van der Waals surface area contributed by atoms with Crippen LogP contribution in [0.4, 0.5) is 10.2 Å². The standard InChI is InChI=1S/C26H21FN10/c1-13-6-14(8-15(27)7-13)17-4-5-30-25-22(17)33-26(34-25)24-23-19(35-36-24)3-2-18(32-23)20-9-29-10-21(31-20)37-11-16(28)12-37/h2-10,16H,11-12,28H2,1H3,(H,35,36)(H,30,33,34). The van der Waals surface area contributed by atoms with Crippen molar-refractivity contribution in [2.24, 2.45) is 5.73 Å². The molecule has 1 aromatic carbocycles. The molecular weight excluding hydrogens is 471 g/mol. The topological polar surface area (TPSA) is 138 Å². The second kappa shape index (κ2) is 8.14. The minimum atomic E-state index is -0.293. The number of anilines is 1. The average molecular weight is 493 g/mol. The van der Waals surface area contributed by atoms with Crippen molar-refractivity contribution in [1.82, 2.24) is 40.1 Å². The Labute approximate surface area is 209 Å². The van der Waals surface area contributed by atoms with Crippen LogP contribution in [0.2, 0.25) is 0 Å². The summed E-state index contributed by atoms with van der Waals surface area (Å²) in [7, 11) is 0. The van der Waals surface area contributed by atoms with Crippen molar-refractivity contribution in [3.05, 3.63) is 66.4 Å². The van der Waals surface area contributed by atoms with Gasteiger partial charge in [-0.1, -0.05) is 6.07 Å². The molecule has 6 heterocycles. The van der Waals surface area contributed by atoms with Crippen LogP contribution in [0.15, 0.2) is 55.0 Å². The van der Waals surface area contributed by atoms with Crippen LogP contribution in [0.3, 0.4) is 0 Å². The van der Waals surface area contributed by atoms with Crippen LogP contribution >= 0.6 is 0 Å². The second-order valence-corrected chi connectivity index (χ2v) is 9.25. The van der Waals surface area contributed by atoms with E-state index in [1.165, 1.54) is 12.1 Å². The normalized spacial score (nSPS) is 14.0. The molecule has 1 saturated heterocycles. The first-order chi connectivity index (χ1) is 18.0. The summed E-state index contributed by atoms with van der Waals surface area (Å²) in [5, 5.41) is 7.50. The number of hydrogen-bond donors (Lipinski definition) is 3. The molecule has 0 aliphatic carbocycles. The van der Waals surface area contributed by atoms with Crippen molar-refractivity contribution >= 4 is 28.0 Å². The molecule has 4 N–H and O–H groups in total. The highest BCUT2D eigenvalue weighted by Gasteiger charge is 2.25. The Balaban J connectivity index is 1.31. The summed E-state index contributed by atoms with van der Waals surface area (Å²) < 4.78 is 14.1. The maximum Gasteiger partial charge on any atom is 0.178 e. The number of fused-ring (bicyclic) bond motifs is 2. The molecule has 182 valence electrons. The van der Waals surface area contributed by atoms with E-state index >= 15 is 0 Å². The number of pyridine rings is 2. The van der Waals surface area contributed by atoms with Crippen LogP contribution in [0.1, 0.15) is 5.56 Å². The number of hydrogen-bond acceptors (Lipinski definition) is 8. The first kappa shape index (κ1) is 21.5. The van der Waals surface area contributed by atoms with Crippen molar-refractivity contribution in [1.29, 1.82) is 0 Å². The van der Waals surface area contributed by atoms with Gasteiger partial charge in [0.05, 0.1) is 29.1 Å². The third kappa shape index (κ3) is 3.67. The summed E-state index contributed by atoms with van der Waals surface area (Å²) in [4.78, 5) is 28.4. The molecule has 6 aromatic rings. The molecule has 37 heavy (non-hydrogen) atoms. The number of aromatic amines is 2. The number of H-pyrrole nitrogens is 2. The van der Waals surface area contributed by atoms with Gasteiger partial charge in [0.25, 0.3) is 0 Å². The number of nitrogens with two attached hydrogens (primary N) is 1. The zero-order valence-electron chi connectivity index (χ0n) is 19.8. The molecule has 11 heteroatoms. The Hall–Kier alpha value is -4.77. The van der Waals surface area contributed by atoms with E-state index in [1.54, 1.807) is 18.6 Å². The Morgan fingerprint density at radius 1 is 1.03 bits per heavy atom. The fraction of sp³-hybridized carbons (Fsp3) is 0.154. The Kier molecular flexibility index (Phi) is 4.73. The molecule has 0 unspecified atom stereocenters. The number of aromatic nitrogens is 8. The Bertz CT molecular complexity index is 1780. The van der Waals surface area contributed by atoms with Crippen molar-refractivity contribution < 1.29 is 4.39 Å². The molecule has 0 amide bonds. The molecule has 1 aliphatic heterocycles. The van der Waals surface area contributed by atoms with Gasteiger partial charge >= 0.3 is 0 Å². The van der Waals surface area contributed by atoms with Gasteiger partial charge < -0.3 is 15.6 Å². The SMILES string of the molecule is Cc1cc(F)cc(-c2ccnc3nc(-c4n[nH]c5ccc(-c6cncc(N7CC(N)C7)n6)nc45)[nH]c23)c1. The van der Waals surface area contributed by atoms with E-state index in [0.717, 1.165) is 41.1 Å².